The highest BCUT2D eigenvalue weighted by molar-refractivity contribution is 5.41. The number of hydrogen-bond acceptors (Lipinski definition) is 4. The maximum Gasteiger partial charge on any atom is 0.119 e. The molecule has 4 heteroatoms. The smallest absolute Gasteiger partial charge is 0.119 e. The molecule has 0 aromatic heterocycles. The molecule has 0 saturated carbocycles. The van der Waals surface area contributed by atoms with Gasteiger partial charge in [-0.1, -0.05) is 12.1 Å². The Labute approximate surface area is 131 Å². The van der Waals surface area contributed by atoms with Crippen molar-refractivity contribution in [3.8, 4) is 5.75 Å². The number of rotatable bonds is 5. The van der Waals surface area contributed by atoms with E-state index in [9.17, 15) is 0 Å². The number of nitrogen functional groups attached to an aromatic ring is 2. The molecular weight excluding hydrogens is 274 g/mol. The molecule has 0 spiro atoms. The van der Waals surface area contributed by atoms with Crippen LogP contribution in [0.1, 0.15) is 12.0 Å². The molecule has 0 bridgehead atoms. The van der Waals surface area contributed by atoms with E-state index in [2.05, 4.69) is 17.0 Å². The Kier molecular flexibility index (Phi) is 4.49. The Morgan fingerprint density at radius 1 is 0.955 bits per heavy atom. The van der Waals surface area contributed by atoms with E-state index in [0.717, 1.165) is 49.6 Å². The van der Waals surface area contributed by atoms with E-state index < -0.39 is 0 Å². The topological polar surface area (TPSA) is 64.5 Å². The summed E-state index contributed by atoms with van der Waals surface area (Å²) in [5.74, 6) is 0.902. The highest BCUT2D eigenvalue weighted by Crippen LogP contribution is 2.20. The molecule has 1 atom stereocenters. The molecule has 2 aromatic carbocycles. The van der Waals surface area contributed by atoms with Crippen LogP contribution < -0.4 is 16.2 Å². The SMILES string of the molecule is Nc1ccc(CCN2CCC(Oc3ccc(N)cc3)C2)cc1. The lowest BCUT2D eigenvalue weighted by Gasteiger charge is -2.17. The number of likely N-dealkylation sites (tertiary alicyclic amines) is 1. The van der Waals surface area contributed by atoms with Gasteiger partial charge >= 0.3 is 0 Å². The molecule has 1 unspecified atom stereocenters. The van der Waals surface area contributed by atoms with Crippen molar-refractivity contribution < 1.29 is 4.74 Å². The zero-order valence-electron chi connectivity index (χ0n) is 12.7. The highest BCUT2D eigenvalue weighted by Gasteiger charge is 2.23. The van der Waals surface area contributed by atoms with Crippen LogP contribution in [0.2, 0.25) is 0 Å². The molecule has 1 aliphatic rings. The van der Waals surface area contributed by atoms with Crippen LogP contribution in [0.5, 0.6) is 5.75 Å². The first kappa shape index (κ1) is 14.7. The predicted molar refractivity (Wildman–Crippen MR) is 90.9 cm³/mol. The minimum atomic E-state index is 0.273. The van der Waals surface area contributed by atoms with Gasteiger partial charge in [0, 0.05) is 31.0 Å². The third-order valence-corrected chi connectivity index (χ3v) is 4.11. The number of nitrogens with zero attached hydrogens (tertiary/aromatic N) is 1. The van der Waals surface area contributed by atoms with Gasteiger partial charge in [-0.2, -0.15) is 0 Å². The van der Waals surface area contributed by atoms with Gasteiger partial charge in [-0.05, 0) is 54.8 Å². The van der Waals surface area contributed by atoms with Crippen LogP contribution in [0.4, 0.5) is 11.4 Å². The van der Waals surface area contributed by atoms with Crippen LogP contribution in [0.3, 0.4) is 0 Å². The molecule has 0 amide bonds. The second-order valence-electron chi connectivity index (χ2n) is 5.89. The van der Waals surface area contributed by atoms with Crippen LogP contribution in [0.15, 0.2) is 48.5 Å². The maximum atomic E-state index is 6.01. The van der Waals surface area contributed by atoms with Crippen molar-refractivity contribution in [3.63, 3.8) is 0 Å². The Morgan fingerprint density at radius 2 is 1.59 bits per heavy atom. The molecule has 1 aliphatic heterocycles. The Balaban J connectivity index is 1.45. The summed E-state index contributed by atoms with van der Waals surface area (Å²) in [5, 5.41) is 0. The van der Waals surface area contributed by atoms with Gasteiger partial charge in [-0.3, -0.25) is 4.90 Å². The predicted octanol–water partition coefficient (Wildman–Crippen LogP) is 2.55. The van der Waals surface area contributed by atoms with E-state index in [1.807, 2.05) is 36.4 Å². The maximum absolute atomic E-state index is 6.01. The van der Waals surface area contributed by atoms with Gasteiger partial charge in [0.2, 0.25) is 0 Å². The largest absolute Gasteiger partial charge is 0.489 e. The number of hydrogen-bond donors (Lipinski definition) is 2. The summed E-state index contributed by atoms with van der Waals surface area (Å²) >= 11 is 0. The van der Waals surface area contributed by atoms with E-state index >= 15 is 0 Å². The van der Waals surface area contributed by atoms with Crippen LogP contribution in [0.25, 0.3) is 0 Å². The summed E-state index contributed by atoms with van der Waals surface area (Å²) < 4.78 is 6.01. The summed E-state index contributed by atoms with van der Waals surface area (Å²) in [4.78, 5) is 2.46. The molecule has 22 heavy (non-hydrogen) atoms. The van der Waals surface area contributed by atoms with Crippen LogP contribution in [0, 0.1) is 0 Å². The average Bonchev–Trinajstić information content (AvgIpc) is 2.97. The molecule has 2 aromatic rings. The first-order valence-corrected chi connectivity index (χ1v) is 7.78. The lowest BCUT2D eigenvalue weighted by Crippen LogP contribution is -2.26. The van der Waals surface area contributed by atoms with Gasteiger partial charge in [0.25, 0.3) is 0 Å². The summed E-state index contributed by atoms with van der Waals surface area (Å²) in [7, 11) is 0. The van der Waals surface area contributed by atoms with Gasteiger partial charge in [0.15, 0.2) is 0 Å². The molecule has 1 saturated heterocycles. The van der Waals surface area contributed by atoms with Gasteiger partial charge in [0.05, 0.1) is 0 Å². The summed E-state index contributed by atoms with van der Waals surface area (Å²) in [6.45, 7) is 3.14. The van der Waals surface area contributed by atoms with E-state index in [1.165, 1.54) is 5.56 Å². The molecule has 1 heterocycles. The quantitative estimate of drug-likeness (QED) is 0.833. The highest BCUT2D eigenvalue weighted by atomic mass is 16.5. The monoisotopic (exact) mass is 297 g/mol. The second kappa shape index (κ2) is 6.71. The fourth-order valence-electron chi connectivity index (χ4n) is 2.81. The van der Waals surface area contributed by atoms with Gasteiger partial charge in [-0.25, -0.2) is 0 Å². The number of anilines is 2. The first-order chi connectivity index (χ1) is 10.7. The molecule has 0 aliphatic carbocycles. The van der Waals surface area contributed by atoms with Gasteiger partial charge < -0.3 is 16.2 Å². The summed E-state index contributed by atoms with van der Waals surface area (Å²) in [6, 6.07) is 15.8. The lowest BCUT2D eigenvalue weighted by molar-refractivity contribution is 0.201. The number of ether oxygens (including phenoxy) is 1. The third kappa shape index (κ3) is 3.92. The average molecular weight is 297 g/mol. The molecular formula is C18H23N3O. The normalized spacial score (nSPS) is 18.5. The molecule has 0 radical (unpaired) electrons. The molecule has 4 nitrogen and oxygen atoms in total. The van der Waals surface area contributed by atoms with Crippen molar-refractivity contribution in [1.29, 1.82) is 0 Å². The zero-order chi connectivity index (χ0) is 15.4. The fourth-order valence-corrected chi connectivity index (χ4v) is 2.81. The van der Waals surface area contributed by atoms with Crippen molar-refractivity contribution in [2.45, 2.75) is 18.9 Å². The van der Waals surface area contributed by atoms with Crippen molar-refractivity contribution in [1.82, 2.24) is 4.90 Å². The van der Waals surface area contributed by atoms with Crippen molar-refractivity contribution in [2.24, 2.45) is 0 Å². The summed E-state index contributed by atoms with van der Waals surface area (Å²) in [5.41, 5.74) is 14.3. The third-order valence-electron chi connectivity index (χ3n) is 4.11. The summed E-state index contributed by atoms with van der Waals surface area (Å²) in [6.07, 6.45) is 2.40. The van der Waals surface area contributed by atoms with E-state index in [-0.39, 0.29) is 6.10 Å². The molecule has 4 N–H and O–H groups in total. The van der Waals surface area contributed by atoms with Crippen LogP contribution in [-0.2, 0) is 6.42 Å². The van der Waals surface area contributed by atoms with Crippen molar-refractivity contribution in [2.75, 3.05) is 31.1 Å². The van der Waals surface area contributed by atoms with Crippen molar-refractivity contribution >= 4 is 11.4 Å². The molecule has 3 rings (SSSR count). The first-order valence-electron chi connectivity index (χ1n) is 7.78. The van der Waals surface area contributed by atoms with Gasteiger partial charge in [0.1, 0.15) is 11.9 Å². The molecule has 1 fully saturated rings. The van der Waals surface area contributed by atoms with E-state index in [4.69, 9.17) is 16.2 Å². The Morgan fingerprint density at radius 3 is 2.27 bits per heavy atom. The van der Waals surface area contributed by atoms with Crippen LogP contribution in [-0.4, -0.2) is 30.6 Å². The van der Waals surface area contributed by atoms with E-state index in [1.54, 1.807) is 0 Å². The van der Waals surface area contributed by atoms with E-state index in [0.29, 0.717) is 0 Å². The Bertz CT molecular complexity index is 595. The van der Waals surface area contributed by atoms with Gasteiger partial charge in [-0.15, -0.1) is 0 Å². The minimum absolute atomic E-state index is 0.273. The van der Waals surface area contributed by atoms with Crippen LogP contribution >= 0.6 is 0 Å². The fraction of sp³-hybridized carbons (Fsp3) is 0.333. The number of nitrogens with two attached hydrogens (primary N) is 2. The second-order valence-corrected chi connectivity index (χ2v) is 5.89. The van der Waals surface area contributed by atoms with Crippen molar-refractivity contribution in [3.05, 3.63) is 54.1 Å². The number of benzene rings is 2. The standard InChI is InChI=1S/C18H23N3O/c19-15-3-1-14(2-4-15)9-11-21-12-10-18(13-21)22-17-7-5-16(20)6-8-17/h1-8,18H,9-13,19-20H2. The molecule has 116 valence electrons. The Hall–Kier alpha value is -2.20. The zero-order valence-corrected chi connectivity index (χ0v) is 12.7. The minimum Gasteiger partial charge on any atom is -0.489 e. The lowest BCUT2D eigenvalue weighted by atomic mass is 10.1.